The zero-order chi connectivity index (χ0) is 16.0. The van der Waals surface area contributed by atoms with E-state index in [0.29, 0.717) is 24.7 Å². The molecule has 7 heteroatoms. The van der Waals surface area contributed by atoms with Gasteiger partial charge in [-0.15, -0.1) is 0 Å². The highest BCUT2D eigenvalue weighted by atomic mass is 35.5. The molecule has 0 heterocycles. The van der Waals surface area contributed by atoms with Crippen LogP contribution in [0.25, 0.3) is 0 Å². The summed E-state index contributed by atoms with van der Waals surface area (Å²) in [6.07, 6.45) is -6.21. The SMILES string of the molecule is CCOc1cc(Cl)c(C(=O)CCC(F)(F)F)cc1OCC. The van der Waals surface area contributed by atoms with Gasteiger partial charge in [0, 0.05) is 18.1 Å². The number of hydrogen-bond acceptors (Lipinski definition) is 3. The minimum Gasteiger partial charge on any atom is -0.490 e. The highest BCUT2D eigenvalue weighted by Gasteiger charge is 2.29. The summed E-state index contributed by atoms with van der Waals surface area (Å²) < 4.78 is 47.1. The first kappa shape index (κ1) is 17.6. The topological polar surface area (TPSA) is 35.5 Å². The summed E-state index contributed by atoms with van der Waals surface area (Å²) in [6.45, 7) is 4.22. The Labute approximate surface area is 126 Å². The Morgan fingerprint density at radius 2 is 1.67 bits per heavy atom. The van der Waals surface area contributed by atoms with Crippen molar-refractivity contribution < 1.29 is 27.4 Å². The molecule has 0 spiro atoms. The van der Waals surface area contributed by atoms with Crippen LogP contribution in [0.4, 0.5) is 13.2 Å². The Kier molecular flexibility index (Phi) is 6.33. The van der Waals surface area contributed by atoms with E-state index >= 15 is 0 Å². The average Bonchev–Trinajstić information content (AvgIpc) is 2.38. The van der Waals surface area contributed by atoms with Crippen molar-refractivity contribution in [3.05, 3.63) is 22.7 Å². The summed E-state index contributed by atoms with van der Waals surface area (Å²) in [5.74, 6) is -0.0304. The van der Waals surface area contributed by atoms with E-state index in [4.69, 9.17) is 21.1 Å². The average molecular weight is 325 g/mol. The molecule has 0 aromatic heterocycles. The van der Waals surface area contributed by atoms with Gasteiger partial charge in [-0.2, -0.15) is 13.2 Å². The number of carbonyl (C=O) groups is 1. The number of carbonyl (C=O) groups excluding carboxylic acids is 1. The first-order valence-corrected chi connectivity index (χ1v) is 6.85. The van der Waals surface area contributed by atoms with Gasteiger partial charge in [0.25, 0.3) is 0 Å². The normalized spacial score (nSPS) is 11.3. The summed E-state index contributed by atoms with van der Waals surface area (Å²) in [4.78, 5) is 11.9. The predicted octanol–water partition coefficient (Wildman–Crippen LogP) is 4.66. The van der Waals surface area contributed by atoms with Crippen LogP contribution in [0.15, 0.2) is 12.1 Å². The number of halogens is 4. The number of Topliss-reactive ketones (excluding diaryl/α,β-unsaturated/α-hetero) is 1. The first-order chi connectivity index (χ1) is 9.78. The maximum absolute atomic E-state index is 12.2. The molecule has 0 amide bonds. The van der Waals surface area contributed by atoms with Gasteiger partial charge in [-0.05, 0) is 19.9 Å². The summed E-state index contributed by atoms with van der Waals surface area (Å²) in [5.41, 5.74) is 0.00724. The van der Waals surface area contributed by atoms with Crippen molar-refractivity contribution in [2.24, 2.45) is 0 Å². The van der Waals surface area contributed by atoms with Crippen LogP contribution in [0.1, 0.15) is 37.0 Å². The Balaban J connectivity index is 3.01. The first-order valence-electron chi connectivity index (χ1n) is 6.47. The number of hydrogen-bond donors (Lipinski definition) is 0. The minimum atomic E-state index is -4.38. The fourth-order valence-electron chi connectivity index (χ4n) is 1.68. The molecule has 3 nitrogen and oxygen atoms in total. The molecule has 1 aromatic rings. The Morgan fingerprint density at radius 1 is 1.14 bits per heavy atom. The van der Waals surface area contributed by atoms with Crippen molar-refractivity contribution in [1.82, 2.24) is 0 Å². The van der Waals surface area contributed by atoms with Gasteiger partial charge in [0.1, 0.15) is 0 Å². The number of benzene rings is 1. The second-order valence-electron chi connectivity index (χ2n) is 4.18. The molecule has 1 aromatic carbocycles. The number of alkyl halides is 3. The van der Waals surface area contributed by atoms with E-state index in [1.54, 1.807) is 13.8 Å². The number of ketones is 1. The molecule has 0 saturated carbocycles. The van der Waals surface area contributed by atoms with Crippen molar-refractivity contribution in [3.63, 3.8) is 0 Å². The van der Waals surface area contributed by atoms with Gasteiger partial charge in [0.15, 0.2) is 17.3 Å². The molecule has 21 heavy (non-hydrogen) atoms. The molecule has 1 rings (SSSR count). The van der Waals surface area contributed by atoms with E-state index in [0.717, 1.165) is 0 Å². The van der Waals surface area contributed by atoms with Crippen LogP contribution in [0, 0.1) is 0 Å². The summed E-state index contributed by atoms with van der Waals surface area (Å²) in [6, 6.07) is 2.71. The fraction of sp³-hybridized carbons (Fsp3) is 0.500. The molecule has 118 valence electrons. The Hall–Kier alpha value is -1.43. The van der Waals surface area contributed by atoms with E-state index in [-0.39, 0.29) is 10.6 Å². The van der Waals surface area contributed by atoms with E-state index in [1.807, 2.05) is 0 Å². The standard InChI is InChI=1S/C14H16ClF3O3/c1-3-20-12-7-9(10(15)8-13(12)21-4-2)11(19)5-6-14(16,17)18/h7-8H,3-6H2,1-2H3. The fourth-order valence-corrected chi connectivity index (χ4v) is 1.93. The van der Waals surface area contributed by atoms with Gasteiger partial charge in [-0.3, -0.25) is 4.79 Å². The van der Waals surface area contributed by atoms with Crippen molar-refractivity contribution in [3.8, 4) is 11.5 Å². The lowest BCUT2D eigenvalue weighted by Crippen LogP contribution is -2.11. The van der Waals surface area contributed by atoms with Crippen LogP contribution in [0.2, 0.25) is 5.02 Å². The molecular formula is C14H16ClF3O3. The van der Waals surface area contributed by atoms with Crippen molar-refractivity contribution in [1.29, 1.82) is 0 Å². The molecule has 0 aliphatic carbocycles. The quantitative estimate of drug-likeness (QED) is 0.684. The highest BCUT2D eigenvalue weighted by molar-refractivity contribution is 6.34. The van der Waals surface area contributed by atoms with Gasteiger partial charge in [0.2, 0.25) is 0 Å². The van der Waals surface area contributed by atoms with Crippen LogP contribution in [-0.2, 0) is 0 Å². The van der Waals surface area contributed by atoms with Crippen LogP contribution < -0.4 is 9.47 Å². The zero-order valence-electron chi connectivity index (χ0n) is 11.7. The van der Waals surface area contributed by atoms with Crippen LogP contribution in [0.3, 0.4) is 0 Å². The van der Waals surface area contributed by atoms with Gasteiger partial charge < -0.3 is 9.47 Å². The molecule has 0 aliphatic rings. The Bertz CT molecular complexity index is 501. The molecular weight excluding hydrogens is 309 g/mol. The summed E-state index contributed by atoms with van der Waals surface area (Å²) in [5, 5.41) is 0.0501. The molecule has 0 radical (unpaired) electrons. The van der Waals surface area contributed by atoms with Gasteiger partial charge in [0.05, 0.1) is 24.7 Å². The largest absolute Gasteiger partial charge is 0.490 e. The van der Waals surface area contributed by atoms with Crippen molar-refractivity contribution in [2.75, 3.05) is 13.2 Å². The van der Waals surface area contributed by atoms with E-state index in [9.17, 15) is 18.0 Å². The maximum atomic E-state index is 12.2. The van der Waals surface area contributed by atoms with Crippen LogP contribution in [0.5, 0.6) is 11.5 Å². The third-order valence-electron chi connectivity index (χ3n) is 2.57. The smallest absolute Gasteiger partial charge is 0.389 e. The van der Waals surface area contributed by atoms with Gasteiger partial charge >= 0.3 is 6.18 Å². The number of ether oxygens (including phenoxy) is 2. The number of rotatable bonds is 7. The van der Waals surface area contributed by atoms with Crippen LogP contribution in [-0.4, -0.2) is 25.2 Å². The predicted molar refractivity (Wildman–Crippen MR) is 73.4 cm³/mol. The highest BCUT2D eigenvalue weighted by Crippen LogP contribution is 2.35. The molecule has 0 unspecified atom stereocenters. The zero-order valence-corrected chi connectivity index (χ0v) is 12.5. The second-order valence-corrected chi connectivity index (χ2v) is 4.59. The summed E-state index contributed by atoms with van der Waals surface area (Å²) >= 11 is 5.94. The monoisotopic (exact) mass is 324 g/mol. The van der Waals surface area contributed by atoms with E-state index in [1.165, 1.54) is 12.1 Å². The Morgan fingerprint density at radius 3 is 2.14 bits per heavy atom. The molecule has 0 N–H and O–H groups in total. The third-order valence-corrected chi connectivity index (χ3v) is 2.88. The van der Waals surface area contributed by atoms with E-state index in [2.05, 4.69) is 0 Å². The summed E-state index contributed by atoms with van der Waals surface area (Å²) in [7, 11) is 0. The minimum absolute atomic E-state index is 0.00724. The van der Waals surface area contributed by atoms with Gasteiger partial charge in [-0.25, -0.2) is 0 Å². The lowest BCUT2D eigenvalue weighted by Gasteiger charge is -2.14. The lowest BCUT2D eigenvalue weighted by molar-refractivity contribution is -0.133. The van der Waals surface area contributed by atoms with E-state index < -0.39 is 24.8 Å². The van der Waals surface area contributed by atoms with Crippen LogP contribution >= 0.6 is 11.6 Å². The third kappa shape index (κ3) is 5.46. The molecule has 0 saturated heterocycles. The maximum Gasteiger partial charge on any atom is 0.389 e. The molecule has 0 bridgehead atoms. The van der Waals surface area contributed by atoms with Crippen molar-refractivity contribution >= 4 is 17.4 Å². The molecule has 0 atom stereocenters. The van der Waals surface area contributed by atoms with Crippen molar-refractivity contribution in [2.45, 2.75) is 32.9 Å². The lowest BCUT2D eigenvalue weighted by atomic mass is 10.1. The molecule has 0 aliphatic heterocycles. The molecule has 0 fully saturated rings. The second kappa shape index (κ2) is 7.54. The van der Waals surface area contributed by atoms with Gasteiger partial charge in [-0.1, -0.05) is 11.6 Å².